The number of rotatable bonds is 7. The highest BCUT2D eigenvalue weighted by Crippen LogP contribution is 2.30. The molecule has 0 saturated heterocycles. The normalized spacial score (nSPS) is 11.8. The van der Waals surface area contributed by atoms with Gasteiger partial charge in [-0.05, 0) is 70.3 Å². The molecule has 0 aliphatic heterocycles. The van der Waals surface area contributed by atoms with E-state index in [4.69, 9.17) is 5.73 Å². The number of nitrogens with two attached hydrogens (primary N) is 1. The molecule has 8 nitrogen and oxygen atoms in total. The predicted octanol–water partition coefficient (Wildman–Crippen LogP) is 5.11. The van der Waals surface area contributed by atoms with E-state index in [0.29, 0.717) is 11.6 Å². The summed E-state index contributed by atoms with van der Waals surface area (Å²) < 4.78 is 2.14. The SMILES string of the molecule is CC.CC(C)C=O.CNCCCCn1c(CO)nc2c(N)nc3c(c21)CCCC=C3.Cc1cccnc1. The van der Waals surface area contributed by atoms with Gasteiger partial charge < -0.3 is 25.5 Å². The largest absolute Gasteiger partial charge is 0.388 e. The summed E-state index contributed by atoms with van der Waals surface area (Å²) in [7, 11) is 1.96. The lowest BCUT2D eigenvalue weighted by Gasteiger charge is -2.12. The molecule has 0 amide bonds. The highest BCUT2D eigenvalue weighted by atomic mass is 16.3. The molecule has 0 unspecified atom stereocenters. The molecule has 0 bridgehead atoms. The molecule has 4 N–H and O–H groups in total. The minimum absolute atomic E-state index is 0.0786. The lowest BCUT2D eigenvalue weighted by Crippen LogP contribution is -2.11. The highest BCUT2D eigenvalue weighted by molar-refractivity contribution is 5.90. The van der Waals surface area contributed by atoms with Gasteiger partial charge in [0, 0.05) is 30.4 Å². The maximum absolute atomic E-state index is 9.70. The van der Waals surface area contributed by atoms with Gasteiger partial charge in [0.15, 0.2) is 5.82 Å². The van der Waals surface area contributed by atoms with Crippen LogP contribution in [0, 0.1) is 12.8 Å². The Kier molecular flexibility index (Phi) is 15.7. The molecular weight excluding hydrogens is 464 g/mol. The lowest BCUT2D eigenvalue weighted by atomic mass is 10.1. The van der Waals surface area contributed by atoms with E-state index in [1.165, 1.54) is 11.1 Å². The molecule has 1 aliphatic rings. The Hall–Kier alpha value is -3.10. The minimum atomic E-state index is -0.0786. The number of aliphatic hydroxyl groups excluding tert-OH is 1. The number of nitrogen functional groups attached to an aromatic ring is 1. The first-order valence-electron chi connectivity index (χ1n) is 13.3. The third-order valence-corrected chi connectivity index (χ3v) is 5.48. The van der Waals surface area contributed by atoms with Crippen molar-refractivity contribution in [1.82, 2.24) is 24.8 Å². The van der Waals surface area contributed by atoms with E-state index in [1.54, 1.807) is 6.20 Å². The van der Waals surface area contributed by atoms with Gasteiger partial charge in [-0.1, -0.05) is 39.8 Å². The minimum Gasteiger partial charge on any atom is -0.388 e. The number of nitrogens with zero attached hydrogens (tertiary/aromatic N) is 4. The summed E-state index contributed by atoms with van der Waals surface area (Å²) in [6.07, 6.45) is 14.0. The quantitative estimate of drug-likeness (QED) is 0.298. The fraction of sp³-hybridized carbons (Fsp3) is 0.517. The third-order valence-electron chi connectivity index (χ3n) is 5.48. The number of nitrogens with one attached hydrogen (secondary N) is 1. The van der Waals surface area contributed by atoms with Crippen LogP contribution in [0.15, 0.2) is 30.6 Å². The number of aryl methyl sites for hydroxylation is 3. The first kappa shape index (κ1) is 31.9. The Balaban J connectivity index is 0.000000402. The van der Waals surface area contributed by atoms with Gasteiger partial charge in [-0.15, -0.1) is 0 Å². The summed E-state index contributed by atoms with van der Waals surface area (Å²) in [5.74, 6) is 1.34. The summed E-state index contributed by atoms with van der Waals surface area (Å²) in [4.78, 5) is 22.5. The van der Waals surface area contributed by atoms with Crippen molar-refractivity contribution in [3.8, 4) is 0 Å². The Labute approximate surface area is 222 Å². The number of aldehydes is 1. The molecule has 4 rings (SSSR count). The van der Waals surface area contributed by atoms with Crippen LogP contribution in [0.4, 0.5) is 5.82 Å². The molecule has 0 fully saturated rings. The lowest BCUT2D eigenvalue weighted by molar-refractivity contribution is -0.110. The van der Waals surface area contributed by atoms with E-state index >= 15 is 0 Å². The molecular formula is C29H46N6O2. The number of pyridine rings is 2. The molecule has 37 heavy (non-hydrogen) atoms. The highest BCUT2D eigenvalue weighted by Gasteiger charge is 2.20. The number of anilines is 1. The van der Waals surface area contributed by atoms with Gasteiger partial charge in [0.2, 0.25) is 0 Å². The van der Waals surface area contributed by atoms with E-state index in [0.717, 1.165) is 68.2 Å². The van der Waals surface area contributed by atoms with Crippen LogP contribution in [0.2, 0.25) is 0 Å². The predicted molar refractivity (Wildman–Crippen MR) is 154 cm³/mol. The number of carbonyl (C=O) groups excluding carboxylic acids is 1. The van der Waals surface area contributed by atoms with Crippen molar-refractivity contribution in [2.75, 3.05) is 19.3 Å². The van der Waals surface area contributed by atoms with Crippen LogP contribution in [0.25, 0.3) is 17.1 Å². The van der Waals surface area contributed by atoms with E-state index in [1.807, 2.05) is 60.0 Å². The van der Waals surface area contributed by atoms with E-state index < -0.39 is 0 Å². The van der Waals surface area contributed by atoms with Crippen LogP contribution in [-0.4, -0.2) is 44.5 Å². The zero-order chi connectivity index (χ0) is 27.6. The van der Waals surface area contributed by atoms with Crippen molar-refractivity contribution in [2.45, 2.75) is 79.9 Å². The number of aromatic nitrogens is 4. The van der Waals surface area contributed by atoms with Gasteiger partial charge in [0.05, 0.1) is 11.2 Å². The van der Waals surface area contributed by atoms with Crippen molar-refractivity contribution in [1.29, 1.82) is 0 Å². The number of fused-ring (bicyclic) bond motifs is 3. The zero-order valence-electron chi connectivity index (χ0n) is 23.5. The Morgan fingerprint density at radius 3 is 2.51 bits per heavy atom. The Bertz CT molecular complexity index is 1080. The maximum Gasteiger partial charge on any atom is 0.152 e. The second kappa shape index (κ2) is 18.2. The van der Waals surface area contributed by atoms with Gasteiger partial charge >= 0.3 is 0 Å². The molecule has 204 valence electrons. The third kappa shape index (κ3) is 10.4. The number of hydrogen-bond acceptors (Lipinski definition) is 7. The first-order valence-corrected chi connectivity index (χ1v) is 13.3. The van der Waals surface area contributed by atoms with Gasteiger partial charge in [-0.25, -0.2) is 9.97 Å². The van der Waals surface area contributed by atoms with Crippen LogP contribution in [-0.2, 0) is 24.4 Å². The summed E-state index contributed by atoms with van der Waals surface area (Å²) in [6, 6.07) is 3.95. The van der Waals surface area contributed by atoms with E-state index in [-0.39, 0.29) is 12.5 Å². The van der Waals surface area contributed by atoms with Gasteiger partial charge in [0.1, 0.15) is 24.2 Å². The van der Waals surface area contributed by atoms with Crippen LogP contribution >= 0.6 is 0 Å². The smallest absolute Gasteiger partial charge is 0.152 e. The van der Waals surface area contributed by atoms with E-state index in [9.17, 15) is 9.90 Å². The fourth-order valence-corrected chi connectivity index (χ4v) is 3.71. The summed E-state index contributed by atoms with van der Waals surface area (Å²) in [6.45, 7) is 11.5. The first-order chi connectivity index (χ1) is 17.9. The summed E-state index contributed by atoms with van der Waals surface area (Å²) in [5.41, 5.74) is 11.3. The molecule has 8 heteroatoms. The number of aliphatic hydroxyl groups is 1. The van der Waals surface area contributed by atoms with Crippen LogP contribution in [0.1, 0.15) is 76.0 Å². The molecule has 0 atom stereocenters. The number of unbranched alkanes of at least 4 members (excludes halogenated alkanes) is 1. The summed E-state index contributed by atoms with van der Waals surface area (Å²) in [5, 5.41) is 12.9. The second-order valence-electron chi connectivity index (χ2n) is 8.91. The Morgan fingerprint density at radius 2 is 1.97 bits per heavy atom. The molecule has 0 radical (unpaired) electrons. The fourth-order valence-electron chi connectivity index (χ4n) is 3.71. The van der Waals surface area contributed by atoms with Gasteiger partial charge in [-0.2, -0.15) is 0 Å². The van der Waals surface area contributed by atoms with Crippen molar-refractivity contribution < 1.29 is 9.90 Å². The molecule has 0 spiro atoms. The monoisotopic (exact) mass is 510 g/mol. The number of imidazole rings is 1. The molecule has 3 heterocycles. The van der Waals surface area contributed by atoms with Gasteiger partial charge in [0.25, 0.3) is 0 Å². The zero-order valence-corrected chi connectivity index (χ0v) is 23.5. The molecule has 0 saturated carbocycles. The number of allylic oxidation sites excluding steroid dienone is 1. The molecule has 1 aliphatic carbocycles. The van der Waals surface area contributed by atoms with Gasteiger partial charge in [-0.3, -0.25) is 4.98 Å². The Morgan fingerprint density at radius 1 is 1.24 bits per heavy atom. The van der Waals surface area contributed by atoms with Crippen molar-refractivity contribution in [2.24, 2.45) is 5.92 Å². The van der Waals surface area contributed by atoms with E-state index in [2.05, 4.69) is 37.0 Å². The average Bonchev–Trinajstić information content (AvgIpc) is 3.13. The summed E-state index contributed by atoms with van der Waals surface area (Å²) >= 11 is 0. The topological polar surface area (TPSA) is 119 Å². The van der Waals surface area contributed by atoms with Crippen molar-refractivity contribution >= 4 is 29.2 Å². The second-order valence-corrected chi connectivity index (χ2v) is 8.91. The van der Waals surface area contributed by atoms with Crippen LogP contribution in [0.3, 0.4) is 0 Å². The molecule has 3 aromatic heterocycles. The number of carbonyl (C=O) groups is 1. The maximum atomic E-state index is 9.70. The molecule has 0 aromatic carbocycles. The van der Waals surface area contributed by atoms with Crippen molar-refractivity contribution in [3.05, 3.63) is 53.2 Å². The number of hydrogen-bond donors (Lipinski definition) is 3. The average molecular weight is 511 g/mol. The standard InChI is InChI=1S/C17H25N5O.C6H7N.C4H8O.C2H6/c1-19-9-5-6-10-22-14(11-23)21-15-16(22)12-7-3-2-4-8-13(12)20-17(15)18;1-6-3-2-4-7-5-6;1-4(2)3-5;1-2/h4,8,19,23H,2-3,5-7,9-11H2,1H3,(H2,18,20);2-5H,1H3;3-4H,1-2H3;1-2H3. The van der Waals surface area contributed by atoms with Crippen molar-refractivity contribution in [3.63, 3.8) is 0 Å². The molecule has 3 aromatic rings. The van der Waals surface area contributed by atoms with Crippen LogP contribution in [0.5, 0.6) is 0 Å². The van der Waals surface area contributed by atoms with Crippen LogP contribution < -0.4 is 11.1 Å².